The van der Waals surface area contributed by atoms with Crippen LogP contribution in [0.25, 0.3) is 10.8 Å². The fourth-order valence-corrected chi connectivity index (χ4v) is 2.33. The molecule has 3 N–H and O–H groups in total. The summed E-state index contributed by atoms with van der Waals surface area (Å²) in [7, 11) is 1.75. The molecule has 0 radical (unpaired) electrons. The molecular weight excluding hydrogens is 296 g/mol. The molecule has 0 unspecified atom stereocenters. The second-order valence-corrected chi connectivity index (χ2v) is 5.00. The van der Waals surface area contributed by atoms with Gasteiger partial charge in [-0.15, -0.1) is 0 Å². The largest absolute Gasteiger partial charge is 0.483 e. The molecule has 1 aromatic heterocycles. The zero-order valence-corrected chi connectivity index (χ0v) is 12.6. The highest BCUT2D eigenvalue weighted by molar-refractivity contribution is 5.88. The summed E-state index contributed by atoms with van der Waals surface area (Å²) in [4.78, 5) is 11.0. The molecule has 0 atom stereocenters. The van der Waals surface area contributed by atoms with E-state index >= 15 is 0 Å². The van der Waals surface area contributed by atoms with E-state index in [9.17, 15) is 4.79 Å². The number of aryl methyl sites for hydroxylation is 1. The number of anilines is 1. The van der Waals surface area contributed by atoms with Gasteiger partial charge in [-0.3, -0.25) is 4.79 Å². The van der Waals surface area contributed by atoms with Gasteiger partial charge in [-0.2, -0.15) is 0 Å². The van der Waals surface area contributed by atoms with Crippen molar-refractivity contribution < 1.29 is 9.53 Å². The van der Waals surface area contributed by atoms with Gasteiger partial charge in [0.05, 0.1) is 0 Å². The number of tetrazole rings is 1. The Labute approximate surface area is 132 Å². The van der Waals surface area contributed by atoms with Gasteiger partial charge in [0, 0.05) is 19.2 Å². The first kappa shape index (κ1) is 14.8. The molecule has 2 aromatic carbocycles. The van der Waals surface area contributed by atoms with Crippen LogP contribution in [0.2, 0.25) is 0 Å². The monoisotopic (exact) mass is 312 g/mol. The van der Waals surface area contributed by atoms with Crippen LogP contribution < -0.4 is 15.8 Å². The number of carbonyl (C=O) groups is 1. The maximum Gasteiger partial charge on any atom is 0.255 e. The topological polar surface area (TPSA) is 108 Å². The highest BCUT2D eigenvalue weighted by Crippen LogP contribution is 2.28. The van der Waals surface area contributed by atoms with Crippen molar-refractivity contribution in [3.05, 3.63) is 42.0 Å². The van der Waals surface area contributed by atoms with Crippen molar-refractivity contribution in [2.75, 3.05) is 11.9 Å². The molecule has 0 aliphatic heterocycles. The lowest BCUT2D eigenvalue weighted by Crippen LogP contribution is -2.20. The Morgan fingerprint density at radius 3 is 2.87 bits per heavy atom. The van der Waals surface area contributed by atoms with E-state index in [0.29, 0.717) is 18.2 Å². The number of primary amides is 1. The maximum atomic E-state index is 11.0. The van der Waals surface area contributed by atoms with Crippen LogP contribution in [0.1, 0.15) is 5.56 Å². The fraction of sp³-hybridized carbons (Fsp3) is 0.200. The smallest absolute Gasteiger partial charge is 0.255 e. The van der Waals surface area contributed by atoms with Crippen LogP contribution in [0.15, 0.2) is 36.4 Å². The van der Waals surface area contributed by atoms with E-state index in [1.807, 2.05) is 36.4 Å². The van der Waals surface area contributed by atoms with Crippen molar-refractivity contribution in [1.29, 1.82) is 0 Å². The molecule has 0 saturated carbocycles. The summed E-state index contributed by atoms with van der Waals surface area (Å²) in [5.41, 5.74) is 6.07. The highest BCUT2D eigenvalue weighted by Gasteiger charge is 2.11. The van der Waals surface area contributed by atoms with E-state index in [0.717, 1.165) is 16.3 Å². The minimum absolute atomic E-state index is 0.170. The summed E-state index contributed by atoms with van der Waals surface area (Å²) < 4.78 is 7.07. The Hall–Kier alpha value is -3.16. The van der Waals surface area contributed by atoms with E-state index in [2.05, 4.69) is 20.8 Å². The number of benzene rings is 2. The number of rotatable bonds is 6. The number of nitrogens with one attached hydrogen (secondary N) is 1. The number of ether oxygens (including phenoxy) is 1. The number of amides is 1. The Bertz CT molecular complexity index is 845. The molecule has 8 nitrogen and oxygen atoms in total. The normalized spacial score (nSPS) is 10.7. The van der Waals surface area contributed by atoms with Crippen LogP contribution in [-0.2, 0) is 18.4 Å². The first-order valence-electron chi connectivity index (χ1n) is 7.03. The SMILES string of the molecule is Cn1nnnc1NCc1c(OCC(N)=O)ccc2ccccc12. The number of aromatic nitrogens is 4. The molecule has 0 saturated heterocycles. The standard InChI is InChI=1S/C15H16N6O2/c1-21-15(18-19-20-21)17-8-12-11-5-3-2-4-10(11)6-7-13(12)23-9-14(16)22/h2-7H,8-9H2,1H3,(H2,16,22)(H,17,18,20). The summed E-state index contributed by atoms with van der Waals surface area (Å²) in [5.74, 6) is 0.624. The lowest BCUT2D eigenvalue weighted by molar-refractivity contribution is -0.119. The predicted molar refractivity (Wildman–Crippen MR) is 84.8 cm³/mol. The summed E-state index contributed by atoms with van der Waals surface area (Å²) in [6.07, 6.45) is 0. The molecule has 3 aromatic rings. The van der Waals surface area contributed by atoms with Crippen molar-refractivity contribution in [3.8, 4) is 5.75 Å². The first-order chi connectivity index (χ1) is 11.1. The highest BCUT2D eigenvalue weighted by atomic mass is 16.5. The molecule has 3 rings (SSSR count). The molecule has 0 aliphatic rings. The summed E-state index contributed by atoms with van der Waals surface area (Å²) in [6.45, 7) is 0.278. The molecule has 23 heavy (non-hydrogen) atoms. The van der Waals surface area contributed by atoms with E-state index in [1.165, 1.54) is 4.68 Å². The predicted octanol–water partition coefficient (Wildman–Crippen LogP) is 0.840. The average molecular weight is 312 g/mol. The van der Waals surface area contributed by atoms with Crippen LogP contribution in [-0.4, -0.2) is 32.7 Å². The van der Waals surface area contributed by atoms with Crippen LogP contribution in [0.3, 0.4) is 0 Å². The van der Waals surface area contributed by atoms with E-state index in [1.54, 1.807) is 7.05 Å². The van der Waals surface area contributed by atoms with E-state index < -0.39 is 5.91 Å². The Morgan fingerprint density at radius 1 is 1.30 bits per heavy atom. The molecule has 118 valence electrons. The van der Waals surface area contributed by atoms with Gasteiger partial charge in [0.2, 0.25) is 5.95 Å². The van der Waals surface area contributed by atoms with Crippen molar-refractivity contribution in [3.63, 3.8) is 0 Å². The number of carbonyl (C=O) groups excluding carboxylic acids is 1. The maximum absolute atomic E-state index is 11.0. The number of nitrogens with two attached hydrogens (primary N) is 1. The molecule has 0 spiro atoms. The van der Waals surface area contributed by atoms with Gasteiger partial charge in [0.15, 0.2) is 6.61 Å². The van der Waals surface area contributed by atoms with Gasteiger partial charge in [-0.05, 0) is 27.3 Å². The number of hydrogen-bond donors (Lipinski definition) is 2. The second kappa shape index (κ2) is 6.30. The second-order valence-electron chi connectivity index (χ2n) is 5.00. The van der Waals surface area contributed by atoms with Crippen molar-refractivity contribution in [2.24, 2.45) is 12.8 Å². The van der Waals surface area contributed by atoms with Crippen LogP contribution in [0.5, 0.6) is 5.75 Å². The minimum atomic E-state index is -0.519. The van der Waals surface area contributed by atoms with E-state index in [4.69, 9.17) is 10.5 Å². The average Bonchev–Trinajstić information content (AvgIpc) is 2.96. The zero-order chi connectivity index (χ0) is 16.2. The number of hydrogen-bond acceptors (Lipinski definition) is 6. The third kappa shape index (κ3) is 3.20. The lowest BCUT2D eigenvalue weighted by Gasteiger charge is -2.14. The Morgan fingerprint density at radius 2 is 2.13 bits per heavy atom. The van der Waals surface area contributed by atoms with Gasteiger partial charge in [-0.25, -0.2) is 4.68 Å². The molecular formula is C15H16N6O2. The third-order valence-corrected chi connectivity index (χ3v) is 3.41. The van der Waals surface area contributed by atoms with Crippen LogP contribution in [0.4, 0.5) is 5.95 Å². The quantitative estimate of drug-likeness (QED) is 0.698. The van der Waals surface area contributed by atoms with Gasteiger partial charge in [-0.1, -0.05) is 35.4 Å². The van der Waals surface area contributed by atoms with Crippen LogP contribution in [0, 0.1) is 0 Å². The molecule has 0 fully saturated rings. The summed E-state index contributed by atoms with van der Waals surface area (Å²) in [5, 5.41) is 16.5. The van der Waals surface area contributed by atoms with Crippen molar-refractivity contribution >= 4 is 22.6 Å². The fourth-order valence-electron chi connectivity index (χ4n) is 2.33. The summed E-state index contributed by atoms with van der Waals surface area (Å²) >= 11 is 0. The van der Waals surface area contributed by atoms with Gasteiger partial charge >= 0.3 is 0 Å². The van der Waals surface area contributed by atoms with Crippen molar-refractivity contribution in [1.82, 2.24) is 20.2 Å². The van der Waals surface area contributed by atoms with E-state index in [-0.39, 0.29) is 6.61 Å². The molecule has 0 aliphatic carbocycles. The molecule has 0 bridgehead atoms. The first-order valence-corrected chi connectivity index (χ1v) is 7.03. The van der Waals surface area contributed by atoms with Gasteiger partial charge in [0.1, 0.15) is 5.75 Å². The molecule has 1 heterocycles. The Kier molecular flexibility index (Phi) is 4.05. The number of fused-ring (bicyclic) bond motifs is 1. The van der Waals surface area contributed by atoms with Crippen molar-refractivity contribution in [2.45, 2.75) is 6.54 Å². The molecule has 1 amide bonds. The van der Waals surface area contributed by atoms with Crippen LogP contribution >= 0.6 is 0 Å². The third-order valence-electron chi connectivity index (χ3n) is 3.41. The summed E-state index contributed by atoms with van der Waals surface area (Å²) in [6, 6.07) is 11.7. The Balaban J connectivity index is 1.94. The van der Waals surface area contributed by atoms with Gasteiger partial charge < -0.3 is 15.8 Å². The molecule has 8 heteroatoms. The zero-order valence-electron chi connectivity index (χ0n) is 12.6. The van der Waals surface area contributed by atoms with Gasteiger partial charge in [0.25, 0.3) is 5.91 Å². The minimum Gasteiger partial charge on any atom is -0.483 e. The number of nitrogens with zero attached hydrogens (tertiary/aromatic N) is 4. The lowest BCUT2D eigenvalue weighted by atomic mass is 10.0.